The van der Waals surface area contributed by atoms with Crippen LogP contribution < -0.4 is 10.1 Å². The summed E-state index contributed by atoms with van der Waals surface area (Å²) in [4.78, 5) is 20.2. The van der Waals surface area contributed by atoms with Crippen LogP contribution in [0.3, 0.4) is 0 Å². The second-order valence-electron chi connectivity index (χ2n) is 4.89. The molecule has 7 nitrogen and oxygen atoms in total. The Labute approximate surface area is 134 Å². The average Bonchev–Trinajstić information content (AvgIpc) is 2.59. The molecule has 2 aromatic rings. The summed E-state index contributed by atoms with van der Waals surface area (Å²) in [5, 5.41) is 12.3. The summed E-state index contributed by atoms with van der Waals surface area (Å²) in [6, 6.07) is 8.35. The maximum Gasteiger partial charge on any atom is 0.310 e. The zero-order valence-electron chi connectivity index (χ0n) is 13.0. The lowest BCUT2D eigenvalue weighted by atomic mass is 9.99. The van der Waals surface area contributed by atoms with Crippen LogP contribution in [0.2, 0.25) is 0 Å². The first-order chi connectivity index (χ1) is 11.1. The van der Waals surface area contributed by atoms with Crippen molar-refractivity contribution in [2.24, 2.45) is 5.92 Å². The van der Waals surface area contributed by atoms with Crippen LogP contribution in [0.25, 0.3) is 0 Å². The maximum atomic E-state index is 12.0. The average molecular weight is 317 g/mol. The molecule has 1 heterocycles. The third-order valence-corrected chi connectivity index (χ3v) is 3.30. The number of ether oxygens (including phenoxy) is 2. The fraction of sp³-hybridized carbons (Fsp3) is 0.312. The highest BCUT2D eigenvalue weighted by atomic mass is 16.5. The Balaban J connectivity index is 2.03. The van der Waals surface area contributed by atoms with Gasteiger partial charge in [0.15, 0.2) is 0 Å². The van der Waals surface area contributed by atoms with E-state index in [-0.39, 0.29) is 11.7 Å². The molecule has 0 aliphatic carbocycles. The number of methoxy groups -OCH3 is 2. The van der Waals surface area contributed by atoms with E-state index in [2.05, 4.69) is 15.3 Å². The van der Waals surface area contributed by atoms with Crippen LogP contribution >= 0.6 is 0 Å². The maximum absolute atomic E-state index is 12.0. The number of phenolic OH excluding ortho intramolecular Hbond substituents is 1. The van der Waals surface area contributed by atoms with Crippen LogP contribution in [0, 0.1) is 5.92 Å². The van der Waals surface area contributed by atoms with Gasteiger partial charge in [0.1, 0.15) is 5.75 Å². The molecule has 122 valence electrons. The predicted octanol–water partition coefficient (Wildman–Crippen LogP) is 1.63. The van der Waals surface area contributed by atoms with E-state index in [1.165, 1.54) is 14.2 Å². The van der Waals surface area contributed by atoms with Crippen molar-refractivity contribution < 1.29 is 19.4 Å². The lowest BCUT2D eigenvalue weighted by molar-refractivity contribution is -0.144. The number of phenols is 1. The van der Waals surface area contributed by atoms with Crippen molar-refractivity contribution in [3.05, 3.63) is 42.1 Å². The van der Waals surface area contributed by atoms with Gasteiger partial charge in [-0.1, -0.05) is 12.1 Å². The summed E-state index contributed by atoms with van der Waals surface area (Å²) in [6.45, 7) is 0.320. The third kappa shape index (κ3) is 4.84. The van der Waals surface area contributed by atoms with Crippen LogP contribution in [0.5, 0.6) is 11.6 Å². The highest BCUT2D eigenvalue weighted by molar-refractivity contribution is 5.73. The number of esters is 1. The summed E-state index contributed by atoms with van der Waals surface area (Å²) in [6.07, 6.45) is 2.05. The quantitative estimate of drug-likeness (QED) is 0.750. The minimum absolute atomic E-state index is 0.186. The molecule has 0 bridgehead atoms. The van der Waals surface area contributed by atoms with E-state index < -0.39 is 5.92 Å². The fourth-order valence-corrected chi connectivity index (χ4v) is 2.08. The molecule has 0 spiro atoms. The smallest absolute Gasteiger partial charge is 0.310 e. The summed E-state index contributed by atoms with van der Waals surface area (Å²) in [7, 11) is 2.88. The van der Waals surface area contributed by atoms with Gasteiger partial charge in [0.05, 0.1) is 20.1 Å². The molecule has 0 aliphatic heterocycles. The zero-order chi connectivity index (χ0) is 16.7. The van der Waals surface area contributed by atoms with Crippen LogP contribution in [-0.2, 0) is 16.0 Å². The molecule has 0 amide bonds. The SMILES string of the molecule is COC(=O)C(CNc1nccc(OC)n1)Cc1ccc(O)cc1. The predicted molar refractivity (Wildman–Crippen MR) is 84.4 cm³/mol. The van der Waals surface area contributed by atoms with Gasteiger partial charge in [0, 0.05) is 18.8 Å². The van der Waals surface area contributed by atoms with E-state index in [0.29, 0.717) is 24.8 Å². The Morgan fingerprint density at radius 1 is 1.26 bits per heavy atom. The standard InChI is InChI=1S/C16H19N3O4/c1-22-14-7-8-17-16(19-14)18-10-12(15(21)23-2)9-11-3-5-13(20)6-4-11/h3-8,12,20H,9-10H2,1-2H3,(H,17,18,19). The van der Waals surface area contributed by atoms with Gasteiger partial charge in [-0.15, -0.1) is 0 Å². The zero-order valence-corrected chi connectivity index (χ0v) is 13.0. The van der Waals surface area contributed by atoms with Gasteiger partial charge in [-0.25, -0.2) is 4.98 Å². The van der Waals surface area contributed by atoms with Crippen molar-refractivity contribution in [1.82, 2.24) is 9.97 Å². The van der Waals surface area contributed by atoms with E-state index in [4.69, 9.17) is 9.47 Å². The van der Waals surface area contributed by atoms with Crippen LogP contribution in [0.4, 0.5) is 5.95 Å². The number of carbonyl (C=O) groups is 1. The Hall–Kier alpha value is -2.83. The highest BCUT2D eigenvalue weighted by Crippen LogP contribution is 2.16. The summed E-state index contributed by atoms with van der Waals surface area (Å²) in [5.41, 5.74) is 0.923. The first-order valence-electron chi connectivity index (χ1n) is 7.09. The molecule has 1 atom stereocenters. The summed E-state index contributed by atoms with van der Waals surface area (Å²) >= 11 is 0. The minimum Gasteiger partial charge on any atom is -0.508 e. The number of aromatic hydroxyl groups is 1. The summed E-state index contributed by atoms with van der Waals surface area (Å²) < 4.78 is 9.88. The Morgan fingerprint density at radius 3 is 2.65 bits per heavy atom. The second kappa shape index (κ2) is 7.98. The molecule has 0 saturated heterocycles. The number of carbonyl (C=O) groups excluding carboxylic acids is 1. The van der Waals surface area contributed by atoms with Crippen molar-refractivity contribution in [1.29, 1.82) is 0 Å². The number of rotatable bonds is 7. The van der Waals surface area contributed by atoms with Crippen molar-refractivity contribution in [3.8, 4) is 11.6 Å². The lowest BCUT2D eigenvalue weighted by Crippen LogP contribution is -2.27. The topological polar surface area (TPSA) is 93.6 Å². The van der Waals surface area contributed by atoms with Gasteiger partial charge in [-0.3, -0.25) is 4.79 Å². The molecule has 0 fully saturated rings. The summed E-state index contributed by atoms with van der Waals surface area (Å²) in [5.74, 6) is 0.277. The van der Waals surface area contributed by atoms with Gasteiger partial charge >= 0.3 is 5.97 Å². The number of aromatic nitrogens is 2. The van der Waals surface area contributed by atoms with E-state index >= 15 is 0 Å². The normalized spacial score (nSPS) is 11.6. The number of anilines is 1. The van der Waals surface area contributed by atoms with Crippen molar-refractivity contribution in [3.63, 3.8) is 0 Å². The molecule has 1 aromatic carbocycles. The Morgan fingerprint density at radius 2 is 2.00 bits per heavy atom. The number of hydrogen-bond donors (Lipinski definition) is 2. The van der Waals surface area contributed by atoms with E-state index in [1.54, 1.807) is 36.5 Å². The van der Waals surface area contributed by atoms with Gasteiger partial charge in [-0.05, 0) is 24.1 Å². The molecular weight excluding hydrogens is 298 g/mol. The van der Waals surface area contributed by atoms with E-state index in [0.717, 1.165) is 5.56 Å². The van der Waals surface area contributed by atoms with Crippen molar-refractivity contribution in [2.45, 2.75) is 6.42 Å². The Bertz CT molecular complexity index is 646. The molecular formula is C16H19N3O4. The molecule has 23 heavy (non-hydrogen) atoms. The van der Waals surface area contributed by atoms with Crippen molar-refractivity contribution >= 4 is 11.9 Å². The molecule has 1 aromatic heterocycles. The number of nitrogens with zero attached hydrogens (tertiary/aromatic N) is 2. The molecule has 1 unspecified atom stereocenters. The molecule has 0 saturated carbocycles. The minimum atomic E-state index is -0.403. The molecule has 2 rings (SSSR count). The van der Waals surface area contributed by atoms with Crippen LogP contribution in [0.15, 0.2) is 36.5 Å². The van der Waals surface area contributed by atoms with E-state index in [1.807, 2.05) is 0 Å². The molecule has 7 heteroatoms. The van der Waals surface area contributed by atoms with E-state index in [9.17, 15) is 9.90 Å². The fourth-order valence-electron chi connectivity index (χ4n) is 2.08. The number of nitrogens with one attached hydrogen (secondary N) is 1. The highest BCUT2D eigenvalue weighted by Gasteiger charge is 2.20. The Kier molecular flexibility index (Phi) is 5.74. The first kappa shape index (κ1) is 16.5. The number of benzene rings is 1. The van der Waals surface area contributed by atoms with Gasteiger partial charge in [-0.2, -0.15) is 4.98 Å². The van der Waals surface area contributed by atoms with Gasteiger partial charge in [0.25, 0.3) is 0 Å². The van der Waals surface area contributed by atoms with Gasteiger partial charge in [0.2, 0.25) is 11.8 Å². The second-order valence-corrected chi connectivity index (χ2v) is 4.89. The van der Waals surface area contributed by atoms with Crippen LogP contribution in [-0.4, -0.2) is 41.8 Å². The van der Waals surface area contributed by atoms with Crippen molar-refractivity contribution in [2.75, 3.05) is 26.1 Å². The third-order valence-electron chi connectivity index (χ3n) is 3.30. The van der Waals surface area contributed by atoms with Crippen LogP contribution in [0.1, 0.15) is 5.56 Å². The largest absolute Gasteiger partial charge is 0.508 e. The van der Waals surface area contributed by atoms with Gasteiger partial charge < -0.3 is 19.9 Å². The lowest BCUT2D eigenvalue weighted by Gasteiger charge is -2.15. The number of hydrogen-bond acceptors (Lipinski definition) is 7. The molecule has 0 aliphatic rings. The molecule has 0 radical (unpaired) electrons. The monoisotopic (exact) mass is 317 g/mol. The first-order valence-corrected chi connectivity index (χ1v) is 7.09. The molecule has 2 N–H and O–H groups in total.